The van der Waals surface area contributed by atoms with Gasteiger partial charge >= 0.3 is 0 Å². The van der Waals surface area contributed by atoms with Gasteiger partial charge in [-0.3, -0.25) is 4.99 Å². The maximum Gasteiger partial charge on any atom is 0.193 e. The highest BCUT2D eigenvalue weighted by molar-refractivity contribution is 5.81. The van der Waals surface area contributed by atoms with Crippen molar-refractivity contribution in [1.82, 2.24) is 10.2 Å². The lowest BCUT2D eigenvalue weighted by Crippen LogP contribution is -2.42. The van der Waals surface area contributed by atoms with Crippen molar-refractivity contribution in [2.45, 2.75) is 32.2 Å². The molecular formula is C13H23N3O. The van der Waals surface area contributed by atoms with E-state index in [1.807, 2.05) is 7.05 Å². The van der Waals surface area contributed by atoms with Crippen LogP contribution in [0.15, 0.2) is 4.99 Å². The number of ether oxygens (including phenoxy) is 1. The molecule has 17 heavy (non-hydrogen) atoms. The van der Waals surface area contributed by atoms with Crippen LogP contribution in [0.25, 0.3) is 0 Å². The van der Waals surface area contributed by atoms with E-state index < -0.39 is 0 Å². The molecule has 1 aliphatic carbocycles. The lowest BCUT2D eigenvalue weighted by atomic mass is 9.87. The Labute approximate surface area is 103 Å². The number of nitrogens with zero attached hydrogens (tertiary/aromatic N) is 2. The van der Waals surface area contributed by atoms with E-state index in [1.165, 1.54) is 19.3 Å². The molecule has 3 atom stereocenters. The van der Waals surface area contributed by atoms with Crippen molar-refractivity contribution in [3.63, 3.8) is 0 Å². The van der Waals surface area contributed by atoms with Gasteiger partial charge in [0.25, 0.3) is 0 Å². The highest BCUT2D eigenvalue weighted by Gasteiger charge is 2.43. The molecule has 96 valence electrons. The molecule has 1 N–H and O–H groups in total. The van der Waals surface area contributed by atoms with E-state index in [4.69, 9.17) is 4.74 Å². The first kappa shape index (κ1) is 11.3. The molecule has 1 saturated carbocycles. The zero-order valence-electron chi connectivity index (χ0n) is 10.9. The van der Waals surface area contributed by atoms with Crippen molar-refractivity contribution in [3.05, 3.63) is 0 Å². The van der Waals surface area contributed by atoms with Crippen molar-refractivity contribution in [2.24, 2.45) is 16.3 Å². The standard InChI is InChI=1S/C13H23N3O/c1-10-7-11(10)15-12(14-2)16-5-3-13(8-16)4-6-17-9-13/h10-11H,3-9H2,1-2H3,(H,14,15). The smallest absolute Gasteiger partial charge is 0.193 e. The van der Waals surface area contributed by atoms with Crippen LogP contribution in [0.3, 0.4) is 0 Å². The largest absolute Gasteiger partial charge is 0.381 e. The number of guanidine groups is 1. The van der Waals surface area contributed by atoms with Crippen molar-refractivity contribution in [1.29, 1.82) is 0 Å². The summed E-state index contributed by atoms with van der Waals surface area (Å²) in [4.78, 5) is 6.85. The lowest BCUT2D eigenvalue weighted by Gasteiger charge is -2.25. The minimum absolute atomic E-state index is 0.423. The number of hydrogen-bond donors (Lipinski definition) is 1. The normalized spacial score (nSPS) is 41.3. The summed E-state index contributed by atoms with van der Waals surface area (Å²) in [6.07, 6.45) is 3.77. The molecule has 0 aromatic rings. The molecule has 3 unspecified atom stereocenters. The molecule has 0 radical (unpaired) electrons. The SMILES string of the molecule is CN=C(NC1CC1C)N1CCC2(CCOC2)C1. The number of rotatable bonds is 1. The van der Waals surface area contributed by atoms with E-state index in [0.717, 1.165) is 38.2 Å². The maximum atomic E-state index is 5.57. The molecule has 3 rings (SSSR count). The number of nitrogens with one attached hydrogen (secondary N) is 1. The van der Waals surface area contributed by atoms with Crippen LogP contribution in [0, 0.1) is 11.3 Å². The van der Waals surface area contributed by atoms with Gasteiger partial charge in [0, 0.05) is 38.2 Å². The van der Waals surface area contributed by atoms with Gasteiger partial charge in [-0.1, -0.05) is 6.92 Å². The fourth-order valence-corrected chi connectivity index (χ4v) is 3.07. The Morgan fingerprint density at radius 2 is 2.29 bits per heavy atom. The zero-order chi connectivity index (χ0) is 11.9. The van der Waals surface area contributed by atoms with Gasteiger partial charge in [-0.15, -0.1) is 0 Å². The Morgan fingerprint density at radius 3 is 2.88 bits per heavy atom. The van der Waals surface area contributed by atoms with Crippen molar-refractivity contribution in [2.75, 3.05) is 33.4 Å². The molecule has 0 amide bonds. The predicted octanol–water partition coefficient (Wildman–Crippen LogP) is 1.08. The average molecular weight is 237 g/mol. The van der Waals surface area contributed by atoms with Gasteiger partial charge in [0.15, 0.2) is 5.96 Å². The van der Waals surface area contributed by atoms with E-state index in [2.05, 4.69) is 22.1 Å². The fourth-order valence-electron chi connectivity index (χ4n) is 3.07. The number of likely N-dealkylation sites (tertiary alicyclic amines) is 1. The molecular weight excluding hydrogens is 214 g/mol. The average Bonchev–Trinajstić information content (AvgIpc) is 2.77. The highest BCUT2D eigenvalue weighted by Crippen LogP contribution is 2.38. The molecule has 3 aliphatic rings. The van der Waals surface area contributed by atoms with Crippen LogP contribution in [-0.2, 0) is 4.74 Å². The second kappa shape index (κ2) is 4.16. The molecule has 2 aliphatic heterocycles. The van der Waals surface area contributed by atoms with Gasteiger partial charge in [0.1, 0.15) is 0 Å². The molecule has 0 aromatic heterocycles. The van der Waals surface area contributed by atoms with Crippen LogP contribution in [-0.4, -0.2) is 50.3 Å². The number of aliphatic imine (C=N–C) groups is 1. The first-order chi connectivity index (χ1) is 8.22. The first-order valence-electron chi connectivity index (χ1n) is 6.78. The molecule has 1 spiro atoms. The number of hydrogen-bond acceptors (Lipinski definition) is 2. The third-order valence-corrected chi connectivity index (χ3v) is 4.56. The summed E-state index contributed by atoms with van der Waals surface area (Å²) in [5, 5.41) is 3.57. The minimum Gasteiger partial charge on any atom is -0.381 e. The van der Waals surface area contributed by atoms with E-state index in [9.17, 15) is 0 Å². The van der Waals surface area contributed by atoms with Crippen LogP contribution in [0.5, 0.6) is 0 Å². The Balaban J connectivity index is 1.60. The first-order valence-corrected chi connectivity index (χ1v) is 6.78. The summed E-state index contributed by atoms with van der Waals surface area (Å²) in [7, 11) is 1.89. The van der Waals surface area contributed by atoms with Crippen LogP contribution in [0.1, 0.15) is 26.2 Å². The molecule has 3 fully saturated rings. The van der Waals surface area contributed by atoms with Crippen LogP contribution in [0.4, 0.5) is 0 Å². The minimum atomic E-state index is 0.423. The Bertz CT molecular complexity index is 323. The summed E-state index contributed by atoms with van der Waals surface area (Å²) in [5.41, 5.74) is 0.423. The summed E-state index contributed by atoms with van der Waals surface area (Å²) in [6.45, 7) is 6.43. The molecule has 4 nitrogen and oxygen atoms in total. The van der Waals surface area contributed by atoms with Crippen LogP contribution < -0.4 is 5.32 Å². The Hall–Kier alpha value is -0.770. The molecule has 2 saturated heterocycles. The van der Waals surface area contributed by atoms with Crippen LogP contribution in [0.2, 0.25) is 0 Å². The van der Waals surface area contributed by atoms with Crippen LogP contribution >= 0.6 is 0 Å². The third-order valence-electron chi connectivity index (χ3n) is 4.56. The van der Waals surface area contributed by atoms with E-state index in [-0.39, 0.29) is 0 Å². The predicted molar refractivity (Wildman–Crippen MR) is 68.1 cm³/mol. The van der Waals surface area contributed by atoms with Crippen molar-refractivity contribution >= 4 is 5.96 Å². The van der Waals surface area contributed by atoms with E-state index in [0.29, 0.717) is 11.5 Å². The summed E-state index contributed by atoms with van der Waals surface area (Å²) < 4.78 is 5.57. The second-order valence-electron chi connectivity index (χ2n) is 5.99. The van der Waals surface area contributed by atoms with E-state index in [1.54, 1.807) is 0 Å². The van der Waals surface area contributed by atoms with Gasteiger partial charge in [-0.2, -0.15) is 0 Å². The van der Waals surface area contributed by atoms with Gasteiger partial charge < -0.3 is 15.0 Å². The molecule has 0 bridgehead atoms. The molecule has 2 heterocycles. The van der Waals surface area contributed by atoms with Crippen molar-refractivity contribution < 1.29 is 4.74 Å². The molecule has 4 heteroatoms. The van der Waals surface area contributed by atoms with Crippen molar-refractivity contribution in [3.8, 4) is 0 Å². The summed E-state index contributed by atoms with van der Waals surface area (Å²) in [6, 6.07) is 0.657. The summed E-state index contributed by atoms with van der Waals surface area (Å²) in [5.74, 6) is 1.92. The molecule has 0 aromatic carbocycles. The van der Waals surface area contributed by atoms with E-state index >= 15 is 0 Å². The zero-order valence-corrected chi connectivity index (χ0v) is 10.9. The topological polar surface area (TPSA) is 36.9 Å². The van der Waals surface area contributed by atoms with Gasteiger partial charge in [-0.25, -0.2) is 0 Å². The van der Waals surface area contributed by atoms with Gasteiger partial charge in [-0.05, 0) is 25.2 Å². The van der Waals surface area contributed by atoms with Gasteiger partial charge in [0.2, 0.25) is 0 Å². The summed E-state index contributed by atoms with van der Waals surface area (Å²) >= 11 is 0. The quantitative estimate of drug-likeness (QED) is 0.548. The highest BCUT2D eigenvalue weighted by atomic mass is 16.5. The van der Waals surface area contributed by atoms with Gasteiger partial charge in [0.05, 0.1) is 6.61 Å². The Kier molecular flexibility index (Phi) is 2.77. The lowest BCUT2D eigenvalue weighted by molar-refractivity contribution is 0.156. The fraction of sp³-hybridized carbons (Fsp3) is 0.923. The maximum absolute atomic E-state index is 5.57. The third kappa shape index (κ3) is 2.15. The Morgan fingerprint density at radius 1 is 1.47 bits per heavy atom. The second-order valence-corrected chi connectivity index (χ2v) is 5.99. The monoisotopic (exact) mass is 237 g/mol.